The van der Waals surface area contributed by atoms with Gasteiger partial charge in [0, 0.05) is 0 Å². The maximum Gasteiger partial charge on any atom is -0.00494 e. The minimum atomic E-state index is 0.808. The third-order valence-corrected chi connectivity index (χ3v) is 3.61. The summed E-state index contributed by atoms with van der Waals surface area (Å²) < 4.78 is 0. The Bertz CT molecular complexity index is 332. The quantitative estimate of drug-likeness (QED) is 0.788. The lowest BCUT2D eigenvalue weighted by Crippen LogP contribution is -2.12. The summed E-state index contributed by atoms with van der Waals surface area (Å²) in [6.45, 7) is 10.2. The Morgan fingerprint density at radius 3 is 2.18 bits per heavy atom. The molecule has 1 aromatic rings. The van der Waals surface area contributed by atoms with Crippen LogP contribution in [0.1, 0.15) is 42.0 Å². The molecule has 0 saturated heterocycles. The number of aryl methyl sites for hydroxylation is 3. The first-order chi connectivity index (χ1) is 8.04. The van der Waals surface area contributed by atoms with Crippen LogP contribution in [0.5, 0.6) is 0 Å². The van der Waals surface area contributed by atoms with E-state index in [1.165, 1.54) is 36.0 Å². The molecule has 0 amide bonds. The first-order valence-corrected chi connectivity index (χ1v) is 6.76. The molecule has 0 aliphatic carbocycles. The first-order valence-electron chi connectivity index (χ1n) is 6.76. The van der Waals surface area contributed by atoms with Gasteiger partial charge in [-0.25, -0.2) is 0 Å². The van der Waals surface area contributed by atoms with Crippen molar-refractivity contribution in [1.29, 1.82) is 0 Å². The van der Waals surface area contributed by atoms with Crippen molar-refractivity contribution in [1.82, 2.24) is 5.32 Å². The molecule has 1 nitrogen and oxygen atoms in total. The average Bonchev–Trinajstić information content (AvgIpc) is 2.24. The summed E-state index contributed by atoms with van der Waals surface area (Å²) in [5.41, 5.74) is 5.87. The highest BCUT2D eigenvalue weighted by molar-refractivity contribution is 5.37. The second-order valence-electron chi connectivity index (χ2n) is 5.41. The van der Waals surface area contributed by atoms with Gasteiger partial charge >= 0.3 is 0 Å². The van der Waals surface area contributed by atoms with Crippen LogP contribution in [0.15, 0.2) is 12.1 Å². The third kappa shape index (κ3) is 4.51. The van der Waals surface area contributed by atoms with Crippen LogP contribution in [-0.4, -0.2) is 13.6 Å². The van der Waals surface area contributed by atoms with E-state index in [4.69, 9.17) is 0 Å². The highest BCUT2D eigenvalue weighted by Gasteiger charge is 2.07. The summed E-state index contributed by atoms with van der Waals surface area (Å²) in [6, 6.07) is 4.61. The van der Waals surface area contributed by atoms with Crippen molar-refractivity contribution < 1.29 is 0 Å². The molecular formula is C16H27N. The maximum absolute atomic E-state index is 3.23. The molecule has 1 N–H and O–H groups in total. The molecule has 0 spiro atoms. The van der Waals surface area contributed by atoms with Crippen LogP contribution >= 0.6 is 0 Å². The van der Waals surface area contributed by atoms with E-state index in [0.29, 0.717) is 0 Å². The molecule has 1 heteroatoms. The van der Waals surface area contributed by atoms with Crippen LogP contribution in [0, 0.1) is 26.7 Å². The molecule has 0 aromatic heterocycles. The Morgan fingerprint density at radius 1 is 1.06 bits per heavy atom. The molecule has 1 rings (SSSR count). The fourth-order valence-electron chi connectivity index (χ4n) is 2.53. The molecule has 0 aliphatic heterocycles. The van der Waals surface area contributed by atoms with Crippen molar-refractivity contribution in [3.8, 4) is 0 Å². The number of hydrogen-bond acceptors (Lipinski definition) is 1. The second-order valence-corrected chi connectivity index (χ2v) is 5.41. The Morgan fingerprint density at radius 2 is 1.65 bits per heavy atom. The molecule has 0 heterocycles. The molecule has 1 aromatic carbocycles. The molecule has 1 unspecified atom stereocenters. The van der Waals surface area contributed by atoms with E-state index in [9.17, 15) is 0 Å². The lowest BCUT2D eigenvalue weighted by atomic mass is 9.92. The largest absolute Gasteiger partial charge is 0.320 e. The van der Waals surface area contributed by atoms with Crippen molar-refractivity contribution in [3.63, 3.8) is 0 Å². The predicted molar refractivity (Wildman–Crippen MR) is 76.7 cm³/mol. The first kappa shape index (κ1) is 14.2. The molecular weight excluding hydrogens is 206 g/mol. The molecule has 96 valence electrons. The van der Waals surface area contributed by atoms with Gasteiger partial charge in [-0.15, -0.1) is 0 Å². The van der Waals surface area contributed by atoms with Crippen LogP contribution in [0.2, 0.25) is 0 Å². The molecule has 1 atom stereocenters. The maximum atomic E-state index is 3.23. The number of benzene rings is 1. The Balaban J connectivity index is 2.57. The van der Waals surface area contributed by atoms with Gasteiger partial charge in [0.05, 0.1) is 0 Å². The fourth-order valence-corrected chi connectivity index (χ4v) is 2.53. The monoisotopic (exact) mass is 233 g/mol. The van der Waals surface area contributed by atoms with Crippen LogP contribution in [0.4, 0.5) is 0 Å². The van der Waals surface area contributed by atoms with Crippen molar-refractivity contribution in [2.24, 2.45) is 5.92 Å². The van der Waals surface area contributed by atoms with Gasteiger partial charge in [0.25, 0.3) is 0 Å². The van der Waals surface area contributed by atoms with Crippen LogP contribution in [0.25, 0.3) is 0 Å². The van der Waals surface area contributed by atoms with Crippen molar-refractivity contribution in [3.05, 3.63) is 34.4 Å². The third-order valence-electron chi connectivity index (χ3n) is 3.61. The van der Waals surface area contributed by atoms with Gasteiger partial charge in [0.15, 0.2) is 0 Å². The molecule has 17 heavy (non-hydrogen) atoms. The Hall–Kier alpha value is -0.820. The van der Waals surface area contributed by atoms with E-state index in [-0.39, 0.29) is 0 Å². The van der Waals surface area contributed by atoms with Gasteiger partial charge in [-0.2, -0.15) is 0 Å². The molecule has 0 radical (unpaired) electrons. The Kier molecular flexibility index (Phi) is 5.70. The summed E-state index contributed by atoms with van der Waals surface area (Å²) in [5.74, 6) is 0.808. The minimum Gasteiger partial charge on any atom is -0.320 e. The van der Waals surface area contributed by atoms with Gasteiger partial charge in [0.2, 0.25) is 0 Å². The zero-order valence-electron chi connectivity index (χ0n) is 12.1. The fraction of sp³-hybridized carbons (Fsp3) is 0.625. The van der Waals surface area contributed by atoms with Crippen LogP contribution in [-0.2, 0) is 6.42 Å². The van der Waals surface area contributed by atoms with Crippen molar-refractivity contribution in [2.45, 2.75) is 47.0 Å². The zero-order chi connectivity index (χ0) is 12.8. The Labute approximate surface area is 107 Å². The minimum absolute atomic E-state index is 0.808. The molecule has 0 saturated carbocycles. The van der Waals surface area contributed by atoms with Crippen LogP contribution in [0.3, 0.4) is 0 Å². The summed E-state index contributed by atoms with van der Waals surface area (Å²) in [7, 11) is 2.03. The van der Waals surface area contributed by atoms with Crippen molar-refractivity contribution >= 4 is 0 Å². The highest BCUT2D eigenvalue weighted by Crippen LogP contribution is 2.20. The van der Waals surface area contributed by atoms with Gasteiger partial charge in [-0.05, 0) is 76.2 Å². The van der Waals surface area contributed by atoms with Gasteiger partial charge in [-0.3, -0.25) is 0 Å². The van der Waals surface area contributed by atoms with E-state index < -0.39 is 0 Å². The lowest BCUT2D eigenvalue weighted by molar-refractivity contribution is 0.481. The lowest BCUT2D eigenvalue weighted by Gasteiger charge is -2.15. The molecule has 0 fully saturated rings. The summed E-state index contributed by atoms with van der Waals surface area (Å²) in [5, 5.41) is 3.23. The van der Waals surface area contributed by atoms with Crippen molar-refractivity contribution in [2.75, 3.05) is 13.6 Å². The second kappa shape index (κ2) is 6.80. The summed E-state index contributed by atoms with van der Waals surface area (Å²) in [6.07, 6.45) is 3.80. The van der Waals surface area contributed by atoms with Gasteiger partial charge < -0.3 is 5.32 Å². The number of nitrogens with one attached hydrogen (secondary N) is 1. The molecule has 0 aliphatic rings. The topological polar surface area (TPSA) is 12.0 Å². The normalized spacial score (nSPS) is 12.8. The van der Waals surface area contributed by atoms with Crippen LogP contribution < -0.4 is 5.32 Å². The molecule has 0 bridgehead atoms. The summed E-state index contributed by atoms with van der Waals surface area (Å²) in [4.78, 5) is 0. The highest BCUT2D eigenvalue weighted by atomic mass is 14.8. The van der Waals surface area contributed by atoms with E-state index in [1.807, 2.05) is 7.05 Å². The SMILES string of the molecule is CNCCC(C)CCc1c(C)cc(C)cc1C. The standard InChI is InChI=1S/C16H27N/c1-12(8-9-17-5)6-7-16-14(3)10-13(2)11-15(16)4/h10-12,17H,6-9H2,1-5H3. The average molecular weight is 233 g/mol. The number of rotatable bonds is 6. The van der Waals surface area contributed by atoms with E-state index in [0.717, 1.165) is 12.5 Å². The van der Waals surface area contributed by atoms with E-state index in [2.05, 4.69) is 45.1 Å². The van der Waals surface area contributed by atoms with Gasteiger partial charge in [0.1, 0.15) is 0 Å². The zero-order valence-corrected chi connectivity index (χ0v) is 12.1. The number of hydrogen-bond donors (Lipinski definition) is 1. The predicted octanol–water partition coefficient (Wildman–Crippen LogP) is 3.79. The summed E-state index contributed by atoms with van der Waals surface area (Å²) >= 11 is 0. The van der Waals surface area contributed by atoms with E-state index in [1.54, 1.807) is 5.56 Å². The van der Waals surface area contributed by atoms with E-state index >= 15 is 0 Å². The van der Waals surface area contributed by atoms with Gasteiger partial charge in [-0.1, -0.05) is 24.6 Å². The smallest absolute Gasteiger partial charge is 0.00494 e.